The van der Waals surface area contributed by atoms with E-state index in [1.165, 1.54) is 24.3 Å². The number of nitrogen functional groups attached to an aromatic ring is 1. The second-order valence-corrected chi connectivity index (χ2v) is 4.42. The second kappa shape index (κ2) is 6.04. The summed E-state index contributed by atoms with van der Waals surface area (Å²) < 4.78 is 13.1. The summed E-state index contributed by atoms with van der Waals surface area (Å²) in [4.78, 5) is 22.8. The molecule has 0 aliphatic carbocycles. The van der Waals surface area contributed by atoms with Crippen molar-refractivity contribution >= 4 is 17.6 Å². The zero-order chi connectivity index (χ0) is 15.4. The first kappa shape index (κ1) is 14.5. The Bertz CT molecular complexity index is 701. The first-order valence-corrected chi connectivity index (χ1v) is 6.13. The fraction of sp³-hybridized carbons (Fsp3) is 0.0667. The van der Waals surface area contributed by atoms with Crippen molar-refractivity contribution in [2.75, 3.05) is 5.73 Å². The van der Waals surface area contributed by atoms with E-state index in [0.29, 0.717) is 5.56 Å². The highest BCUT2D eigenvalue weighted by Gasteiger charge is 2.11. The molecule has 0 aromatic heterocycles. The number of carboxylic acids is 1. The van der Waals surface area contributed by atoms with Crippen LogP contribution >= 0.6 is 0 Å². The number of hydrogen-bond acceptors (Lipinski definition) is 3. The molecule has 0 radical (unpaired) electrons. The highest BCUT2D eigenvalue weighted by Crippen LogP contribution is 2.13. The van der Waals surface area contributed by atoms with Crippen LogP contribution in [0.15, 0.2) is 42.5 Å². The third kappa shape index (κ3) is 3.56. The van der Waals surface area contributed by atoms with Gasteiger partial charge in [-0.15, -0.1) is 0 Å². The third-order valence-corrected chi connectivity index (χ3v) is 2.89. The lowest BCUT2D eigenvalue weighted by Crippen LogP contribution is -2.24. The Kier molecular flexibility index (Phi) is 4.18. The molecule has 0 saturated carbocycles. The molecule has 0 spiro atoms. The van der Waals surface area contributed by atoms with Gasteiger partial charge in [-0.3, -0.25) is 4.79 Å². The van der Waals surface area contributed by atoms with Gasteiger partial charge in [-0.2, -0.15) is 0 Å². The summed E-state index contributed by atoms with van der Waals surface area (Å²) in [5.74, 6) is -2.12. The molecule has 2 aromatic rings. The first-order valence-electron chi connectivity index (χ1n) is 6.13. The normalized spacial score (nSPS) is 10.1. The van der Waals surface area contributed by atoms with Crippen molar-refractivity contribution in [2.24, 2.45) is 0 Å². The molecule has 1 amide bonds. The van der Waals surface area contributed by atoms with Crippen LogP contribution in [-0.4, -0.2) is 17.0 Å². The van der Waals surface area contributed by atoms with Gasteiger partial charge in [0.25, 0.3) is 5.91 Å². The van der Waals surface area contributed by atoms with Crippen molar-refractivity contribution in [3.8, 4) is 0 Å². The number of benzene rings is 2. The maximum atomic E-state index is 13.1. The van der Waals surface area contributed by atoms with Crippen molar-refractivity contribution in [1.82, 2.24) is 5.32 Å². The number of nitrogens with two attached hydrogens (primary N) is 1. The zero-order valence-electron chi connectivity index (χ0n) is 11.0. The summed E-state index contributed by atoms with van der Waals surface area (Å²) in [5.41, 5.74) is 6.59. The predicted octanol–water partition coefficient (Wildman–Crippen LogP) is 2.04. The van der Waals surface area contributed by atoms with E-state index in [1.807, 2.05) is 0 Å². The van der Waals surface area contributed by atoms with Crippen LogP contribution in [0.5, 0.6) is 0 Å². The molecule has 0 unspecified atom stereocenters. The van der Waals surface area contributed by atoms with Crippen LogP contribution in [0, 0.1) is 5.82 Å². The van der Waals surface area contributed by atoms with Crippen molar-refractivity contribution in [3.63, 3.8) is 0 Å². The largest absolute Gasteiger partial charge is 0.478 e. The summed E-state index contributed by atoms with van der Waals surface area (Å²) >= 11 is 0. The number of rotatable bonds is 4. The zero-order valence-corrected chi connectivity index (χ0v) is 11.0. The molecular formula is C15H13FN2O3. The molecule has 0 fully saturated rings. The smallest absolute Gasteiger partial charge is 0.335 e. The van der Waals surface area contributed by atoms with Crippen molar-refractivity contribution in [3.05, 3.63) is 65.0 Å². The number of carbonyl (C=O) groups excluding carboxylic acids is 1. The monoisotopic (exact) mass is 288 g/mol. The lowest BCUT2D eigenvalue weighted by atomic mass is 10.1. The van der Waals surface area contributed by atoms with Gasteiger partial charge in [0, 0.05) is 12.2 Å². The Morgan fingerprint density at radius 1 is 1.19 bits per heavy atom. The fourth-order valence-corrected chi connectivity index (χ4v) is 1.82. The average molecular weight is 288 g/mol. The lowest BCUT2D eigenvalue weighted by molar-refractivity contribution is 0.0696. The molecule has 2 rings (SSSR count). The standard InChI is InChI=1S/C15H13FN2O3/c16-11-4-5-13(17)12(7-11)14(19)18-8-9-2-1-3-10(6-9)15(20)21/h1-7H,8,17H2,(H,18,19)(H,20,21). The Morgan fingerprint density at radius 3 is 2.67 bits per heavy atom. The molecule has 5 nitrogen and oxygen atoms in total. The van der Waals surface area contributed by atoms with Crippen LogP contribution in [-0.2, 0) is 6.54 Å². The molecule has 0 aliphatic rings. The SMILES string of the molecule is Nc1ccc(F)cc1C(=O)NCc1cccc(C(=O)O)c1. The summed E-state index contributed by atoms with van der Waals surface area (Å²) in [6, 6.07) is 9.72. The molecule has 0 aliphatic heterocycles. The maximum absolute atomic E-state index is 13.1. The van der Waals surface area contributed by atoms with Crippen molar-refractivity contribution in [2.45, 2.75) is 6.54 Å². The Balaban J connectivity index is 2.09. The highest BCUT2D eigenvalue weighted by atomic mass is 19.1. The van der Waals surface area contributed by atoms with E-state index < -0.39 is 17.7 Å². The van der Waals surface area contributed by atoms with Gasteiger partial charge >= 0.3 is 5.97 Å². The van der Waals surface area contributed by atoms with E-state index >= 15 is 0 Å². The van der Waals surface area contributed by atoms with Crippen molar-refractivity contribution in [1.29, 1.82) is 0 Å². The minimum Gasteiger partial charge on any atom is -0.478 e. The summed E-state index contributed by atoms with van der Waals surface area (Å²) in [6.45, 7) is 0.121. The molecule has 0 bridgehead atoms. The van der Waals surface area contributed by atoms with E-state index in [9.17, 15) is 14.0 Å². The minimum absolute atomic E-state index is 0.0457. The third-order valence-electron chi connectivity index (χ3n) is 2.89. The minimum atomic E-state index is -1.04. The van der Waals surface area contributed by atoms with Gasteiger partial charge in [-0.1, -0.05) is 12.1 Å². The number of carbonyl (C=O) groups is 2. The Morgan fingerprint density at radius 2 is 1.95 bits per heavy atom. The summed E-state index contributed by atoms with van der Waals surface area (Å²) in [6.07, 6.45) is 0. The number of aromatic carboxylic acids is 1. The van der Waals surface area contributed by atoms with Gasteiger partial charge in [-0.05, 0) is 35.9 Å². The number of halogens is 1. The Hall–Kier alpha value is -2.89. The van der Waals surface area contributed by atoms with Crippen LogP contribution in [0.1, 0.15) is 26.3 Å². The highest BCUT2D eigenvalue weighted by molar-refractivity contribution is 5.99. The van der Waals surface area contributed by atoms with Crippen LogP contribution in [0.3, 0.4) is 0 Å². The molecule has 2 aromatic carbocycles. The molecule has 108 valence electrons. The molecule has 0 saturated heterocycles. The number of nitrogens with one attached hydrogen (secondary N) is 1. The lowest BCUT2D eigenvalue weighted by Gasteiger charge is -2.08. The molecular weight excluding hydrogens is 275 g/mol. The van der Waals surface area contributed by atoms with E-state index in [4.69, 9.17) is 10.8 Å². The van der Waals surface area contributed by atoms with Gasteiger partial charge in [-0.25, -0.2) is 9.18 Å². The van der Waals surface area contributed by atoms with Crippen LogP contribution in [0.25, 0.3) is 0 Å². The van der Waals surface area contributed by atoms with Crippen LogP contribution < -0.4 is 11.1 Å². The second-order valence-electron chi connectivity index (χ2n) is 4.42. The van der Waals surface area contributed by atoms with Crippen LogP contribution in [0.4, 0.5) is 10.1 Å². The van der Waals surface area contributed by atoms with E-state index in [1.54, 1.807) is 12.1 Å². The van der Waals surface area contributed by atoms with Crippen molar-refractivity contribution < 1.29 is 19.1 Å². The fourth-order valence-electron chi connectivity index (χ4n) is 1.82. The number of amides is 1. The number of hydrogen-bond donors (Lipinski definition) is 3. The topological polar surface area (TPSA) is 92.4 Å². The molecule has 4 N–H and O–H groups in total. The maximum Gasteiger partial charge on any atom is 0.335 e. The van der Waals surface area contributed by atoms with Gasteiger partial charge in [0.05, 0.1) is 11.1 Å². The molecule has 0 atom stereocenters. The Labute approximate surface area is 120 Å². The number of anilines is 1. The molecule has 21 heavy (non-hydrogen) atoms. The summed E-state index contributed by atoms with van der Waals surface area (Å²) in [7, 11) is 0. The first-order chi connectivity index (χ1) is 9.97. The van der Waals surface area contributed by atoms with E-state index in [-0.39, 0.29) is 23.4 Å². The summed E-state index contributed by atoms with van der Waals surface area (Å²) in [5, 5.41) is 11.5. The van der Waals surface area contributed by atoms with E-state index in [2.05, 4.69) is 5.32 Å². The van der Waals surface area contributed by atoms with Gasteiger partial charge in [0.1, 0.15) is 5.82 Å². The molecule has 6 heteroatoms. The molecule has 0 heterocycles. The quantitative estimate of drug-likeness (QED) is 0.751. The van der Waals surface area contributed by atoms with Crippen LogP contribution in [0.2, 0.25) is 0 Å². The van der Waals surface area contributed by atoms with Gasteiger partial charge in [0.15, 0.2) is 0 Å². The number of carboxylic acid groups (broad SMARTS) is 1. The van der Waals surface area contributed by atoms with Gasteiger partial charge in [0.2, 0.25) is 0 Å². The van der Waals surface area contributed by atoms with E-state index in [0.717, 1.165) is 6.07 Å². The average Bonchev–Trinajstić information content (AvgIpc) is 2.47. The predicted molar refractivity (Wildman–Crippen MR) is 75.4 cm³/mol. The van der Waals surface area contributed by atoms with Gasteiger partial charge < -0.3 is 16.2 Å².